The molecule has 2 aromatic carbocycles. The highest BCUT2D eigenvalue weighted by molar-refractivity contribution is 5.76. The molecule has 0 aromatic heterocycles. The molecular formula is C19H23N2O2+. The first-order valence-electron chi connectivity index (χ1n) is 7.70. The number of allylic oxidation sites excluding steroid dienone is 1. The van der Waals surface area contributed by atoms with Crippen molar-refractivity contribution in [1.82, 2.24) is 5.17 Å². The summed E-state index contributed by atoms with van der Waals surface area (Å²) >= 11 is 0. The number of carbonyl (C=O) groups excluding carboxylic acids is 1. The predicted molar refractivity (Wildman–Crippen MR) is 89.7 cm³/mol. The minimum atomic E-state index is -0.223. The molecule has 0 bridgehead atoms. The molecule has 0 radical (unpaired) electrons. The zero-order chi connectivity index (χ0) is 16.5. The van der Waals surface area contributed by atoms with Gasteiger partial charge in [0.2, 0.25) is 0 Å². The Balaban J connectivity index is 1.94. The first-order valence-corrected chi connectivity index (χ1v) is 7.70. The molecule has 3 N–H and O–H groups in total. The summed E-state index contributed by atoms with van der Waals surface area (Å²) in [5.74, 6) is 3.56. The molecule has 1 amide bonds. The lowest BCUT2D eigenvalue weighted by molar-refractivity contribution is -0.649. The van der Waals surface area contributed by atoms with Crippen molar-refractivity contribution in [1.29, 1.82) is 0 Å². The van der Waals surface area contributed by atoms with Crippen LogP contribution in [-0.4, -0.2) is 17.2 Å². The van der Waals surface area contributed by atoms with Crippen LogP contribution in [-0.2, 0) is 22.5 Å². The third kappa shape index (κ3) is 5.70. The molecule has 4 nitrogen and oxygen atoms in total. The first-order chi connectivity index (χ1) is 11.2. The van der Waals surface area contributed by atoms with Crippen LogP contribution in [0.5, 0.6) is 0 Å². The molecule has 2 rings (SSSR count). The highest BCUT2D eigenvalue weighted by Gasteiger charge is 2.19. The molecule has 1 atom stereocenters. The van der Waals surface area contributed by atoms with E-state index in [0.717, 1.165) is 16.3 Å². The lowest BCUT2D eigenvalue weighted by Gasteiger charge is -2.18. The van der Waals surface area contributed by atoms with Gasteiger partial charge in [0, 0.05) is 6.42 Å². The van der Waals surface area contributed by atoms with Gasteiger partial charge in [0.25, 0.3) is 0 Å². The van der Waals surface area contributed by atoms with Crippen molar-refractivity contribution in [3.63, 3.8) is 0 Å². The zero-order valence-electron chi connectivity index (χ0n) is 13.4. The number of benzene rings is 2. The van der Waals surface area contributed by atoms with E-state index >= 15 is 0 Å². The van der Waals surface area contributed by atoms with E-state index in [1.54, 1.807) is 0 Å². The molecule has 0 aliphatic rings. The van der Waals surface area contributed by atoms with Crippen molar-refractivity contribution in [2.24, 2.45) is 0 Å². The third-order valence-electron chi connectivity index (χ3n) is 3.43. The van der Waals surface area contributed by atoms with Crippen LogP contribution in [0.25, 0.3) is 0 Å². The van der Waals surface area contributed by atoms with Crippen LogP contribution in [0.2, 0.25) is 0 Å². The van der Waals surface area contributed by atoms with Gasteiger partial charge in [-0.1, -0.05) is 78.0 Å². The maximum atomic E-state index is 12.2. The molecule has 4 heteroatoms. The fraction of sp³-hybridized carbons (Fsp3) is 0.211. The number of carbonyl (C=O) groups is 1. The van der Waals surface area contributed by atoms with Gasteiger partial charge in [-0.05, 0) is 18.1 Å². The van der Waals surface area contributed by atoms with Gasteiger partial charge < -0.3 is 0 Å². The highest BCUT2D eigenvalue weighted by Crippen LogP contribution is 2.09. The zero-order valence-corrected chi connectivity index (χ0v) is 13.4. The van der Waals surface area contributed by atoms with Crippen molar-refractivity contribution in [3.8, 4) is 0 Å². The minimum Gasteiger partial charge on any atom is -0.266 e. The fourth-order valence-electron chi connectivity index (χ4n) is 2.28. The van der Waals surface area contributed by atoms with Crippen LogP contribution in [0.3, 0.4) is 0 Å². The van der Waals surface area contributed by atoms with Gasteiger partial charge in [-0.3, -0.25) is 4.79 Å². The molecule has 0 saturated carbocycles. The van der Waals surface area contributed by atoms with E-state index in [0.29, 0.717) is 6.42 Å². The molecule has 0 spiro atoms. The first kappa shape index (κ1) is 16.9. The summed E-state index contributed by atoms with van der Waals surface area (Å²) in [6.07, 6.45) is 4.60. The number of hydrogen-bond acceptors (Lipinski definition) is 2. The molecule has 0 fully saturated rings. The number of amides is 1. The quantitative estimate of drug-likeness (QED) is 0.630. The van der Waals surface area contributed by atoms with Crippen molar-refractivity contribution in [2.45, 2.75) is 25.9 Å². The molecule has 120 valence electrons. The Labute approximate surface area is 137 Å². The number of nitrogens with zero attached hydrogens (tertiary/aromatic N) is 1. The summed E-state index contributed by atoms with van der Waals surface area (Å²) in [5, 5.41) is 1.10. The van der Waals surface area contributed by atoms with Crippen LogP contribution in [0.1, 0.15) is 18.1 Å². The molecule has 0 aliphatic heterocycles. The number of rotatable bonds is 7. The third-order valence-corrected chi connectivity index (χ3v) is 3.43. The van der Waals surface area contributed by atoms with Crippen molar-refractivity contribution in [2.75, 3.05) is 0 Å². The lowest BCUT2D eigenvalue weighted by atomic mass is 10.1. The molecule has 23 heavy (non-hydrogen) atoms. The minimum absolute atomic E-state index is 0.168. The van der Waals surface area contributed by atoms with E-state index in [9.17, 15) is 4.79 Å². The average Bonchev–Trinajstić information content (AvgIpc) is 2.57. The van der Waals surface area contributed by atoms with Crippen LogP contribution in [0, 0.1) is 0 Å². The summed E-state index contributed by atoms with van der Waals surface area (Å²) < 4.78 is 0. The monoisotopic (exact) mass is 311 g/mol. The second-order valence-corrected chi connectivity index (χ2v) is 5.29. The molecule has 0 saturated heterocycles. The second-order valence-electron chi connectivity index (χ2n) is 5.29. The van der Waals surface area contributed by atoms with Gasteiger partial charge >= 0.3 is 5.91 Å². The van der Waals surface area contributed by atoms with Gasteiger partial charge in [0.15, 0.2) is 0 Å². The van der Waals surface area contributed by atoms with Gasteiger partial charge in [-0.15, -0.1) is 0 Å². The molecule has 0 heterocycles. The Morgan fingerprint density at radius 1 is 1.09 bits per heavy atom. The Bertz CT molecular complexity index is 626. The van der Waals surface area contributed by atoms with Crippen molar-refractivity contribution < 1.29 is 15.5 Å². The Morgan fingerprint density at radius 3 is 2.22 bits per heavy atom. The second kappa shape index (κ2) is 8.88. The Hall–Kier alpha value is -2.43. The number of hydroxylamine groups is 1. The summed E-state index contributed by atoms with van der Waals surface area (Å²) in [7, 11) is 0. The summed E-state index contributed by atoms with van der Waals surface area (Å²) in [5.41, 5.74) is 2.10. The molecule has 0 aliphatic carbocycles. The van der Waals surface area contributed by atoms with E-state index in [4.69, 9.17) is 4.84 Å². The standard InChI is InChI=1S/C19H22N2O2/c1-2-9-18(14-16-10-5-3-6-11-16)23-21(20)19(22)15-17-12-7-4-8-13-17/h2-13,18H,14-15,20H2,1H3/p+1. The van der Waals surface area contributed by atoms with Crippen LogP contribution < -0.4 is 5.84 Å². The number of quaternary nitrogens is 1. The van der Waals surface area contributed by atoms with Gasteiger partial charge in [0.1, 0.15) is 6.10 Å². The maximum absolute atomic E-state index is 12.2. The topological polar surface area (TPSA) is 57.2 Å². The normalized spacial score (nSPS) is 12.3. The average molecular weight is 311 g/mol. The van der Waals surface area contributed by atoms with E-state index in [-0.39, 0.29) is 18.4 Å². The summed E-state index contributed by atoms with van der Waals surface area (Å²) in [4.78, 5) is 17.9. The van der Waals surface area contributed by atoms with Gasteiger partial charge in [-0.2, -0.15) is 0 Å². The van der Waals surface area contributed by atoms with E-state index in [2.05, 4.69) is 5.84 Å². The highest BCUT2D eigenvalue weighted by atomic mass is 16.7. The predicted octanol–water partition coefficient (Wildman–Crippen LogP) is 2.33. The number of hydrogen-bond donors (Lipinski definition) is 1. The Morgan fingerprint density at radius 2 is 1.65 bits per heavy atom. The lowest BCUT2D eigenvalue weighted by Crippen LogP contribution is -2.70. The van der Waals surface area contributed by atoms with Crippen LogP contribution >= 0.6 is 0 Å². The van der Waals surface area contributed by atoms with Crippen molar-refractivity contribution in [3.05, 3.63) is 83.9 Å². The van der Waals surface area contributed by atoms with Gasteiger partial charge in [0.05, 0.1) is 6.42 Å². The molecule has 1 unspecified atom stereocenters. The SMILES string of the molecule is CC=CC(Cc1ccccc1)ON([NH3+])C(=O)Cc1ccccc1. The van der Waals surface area contributed by atoms with E-state index < -0.39 is 0 Å². The van der Waals surface area contributed by atoms with Crippen LogP contribution in [0.4, 0.5) is 0 Å². The summed E-state index contributed by atoms with van der Waals surface area (Å²) in [6.45, 7) is 1.93. The smallest absolute Gasteiger partial charge is 0.266 e. The largest absolute Gasteiger partial charge is 0.302 e. The molecular weight excluding hydrogens is 288 g/mol. The van der Waals surface area contributed by atoms with Gasteiger partial charge in [-0.25, -0.2) is 10.7 Å². The maximum Gasteiger partial charge on any atom is 0.302 e. The molecule has 2 aromatic rings. The van der Waals surface area contributed by atoms with Crippen molar-refractivity contribution >= 4 is 5.91 Å². The summed E-state index contributed by atoms with van der Waals surface area (Å²) in [6, 6.07) is 19.6. The van der Waals surface area contributed by atoms with E-state index in [1.807, 2.05) is 79.7 Å². The Kier molecular flexibility index (Phi) is 6.54. The fourth-order valence-corrected chi connectivity index (χ4v) is 2.28. The van der Waals surface area contributed by atoms with E-state index in [1.165, 1.54) is 0 Å². The van der Waals surface area contributed by atoms with Crippen LogP contribution in [0.15, 0.2) is 72.8 Å².